The van der Waals surface area contributed by atoms with E-state index in [1.54, 1.807) is 23.9 Å². The maximum Gasteiger partial charge on any atom is 0.206 e. The molecule has 1 aromatic heterocycles. The lowest BCUT2D eigenvalue weighted by Crippen LogP contribution is -1.96. The molecular weight excluding hydrogens is 269 g/mol. The Morgan fingerprint density at radius 1 is 1.44 bits per heavy atom. The molecule has 1 N–H and O–H groups in total. The Labute approximate surface area is 113 Å². The number of nitrogens with one attached hydrogen (secondary N) is 1. The van der Waals surface area contributed by atoms with E-state index in [4.69, 9.17) is 0 Å². The van der Waals surface area contributed by atoms with Crippen LogP contribution in [0.15, 0.2) is 41.3 Å². The maximum atomic E-state index is 13.0. The molecule has 18 heavy (non-hydrogen) atoms. The van der Waals surface area contributed by atoms with Gasteiger partial charge in [0.2, 0.25) is 5.13 Å². The minimum Gasteiger partial charge on any atom is -0.357 e. The first-order valence-electron chi connectivity index (χ1n) is 5.33. The van der Waals surface area contributed by atoms with E-state index in [-0.39, 0.29) is 5.82 Å². The Morgan fingerprint density at radius 2 is 2.33 bits per heavy atom. The van der Waals surface area contributed by atoms with Gasteiger partial charge in [0.1, 0.15) is 5.82 Å². The molecule has 0 aliphatic carbocycles. The summed E-state index contributed by atoms with van der Waals surface area (Å²) < 4.78 is 13.8. The molecule has 0 amide bonds. The smallest absolute Gasteiger partial charge is 0.206 e. The first-order chi connectivity index (χ1) is 8.78. The van der Waals surface area contributed by atoms with Crippen molar-refractivity contribution in [2.75, 3.05) is 11.9 Å². The van der Waals surface area contributed by atoms with Crippen molar-refractivity contribution in [1.29, 1.82) is 0 Å². The van der Waals surface area contributed by atoms with Gasteiger partial charge in [0, 0.05) is 12.3 Å². The van der Waals surface area contributed by atoms with E-state index >= 15 is 0 Å². The van der Waals surface area contributed by atoms with E-state index in [1.165, 1.54) is 23.5 Å². The van der Waals surface area contributed by atoms with Gasteiger partial charge in [-0.15, -0.1) is 16.8 Å². The number of aromatic nitrogens is 2. The van der Waals surface area contributed by atoms with Crippen LogP contribution in [0.1, 0.15) is 5.56 Å². The van der Waals surface area contributed by atoms with Crippen LogP contribution in [0, 0.1) is 5.82 Å². The largest absolute Gasteiger partial charge is 0.357 e. The van der Waals surface area contributed by atoms with Crippen molar-refractivity contribution < 1.29 is 4.39 Å². The van der Waals surface area contributed by atoms with Gasteiger partial charge in [-0.1, -0.05) is 41.3 Å². The molecule has 1 heterocycles. The molecule has 0 spiro atoms. The van der Waals surface area contributed by atoms with Crippen molar-refractivity contribution >= 4 is 28.2 Å². The molecule has 3 nitrogen and oxygen atoms in total. The Kier molecular flexibility index (Phi) is 4.72. The average molecular weight is 281 g/mol. The fraction of sp³-hybridized carbons (Fsp3) is 0.167. The zero-order valence-corrected chi connectivity index (χ0v) is 11.2. The number of rotatable bonds is 6. The van der Waals surface area contributed by atoms with Gasteiger partial charge >= 0.3 is 0 Å². The van der Waals surface area contributed by atoms with Crippen LogP contribution in [0.5, 0.6) is 0 Å². The van der Waals surface area contributed by atoms with Gasteiger partial charge in [0.25, 0.3) is 0 Å². The lowest BCUT2D eigenvalue weighted by atomic mass is 10.2. The monoisotopic (exact) mass is 281 g/mol. The van der Waals surface area contributed by atoms with E-state index in [2.05, 4.69) is 22.1 Å². The molecule has 0 radical (unpaired) electrons. The van der Waals surface area contributed by atoms with Crippen molar-refractivity contribution in [1.82, 2.24) is 10.2 Å². The molecule has 0 saturated carbocycles. The zero-order valence-electron chi connectivity index (χ0n) is 9.60. The second-order valence-electron chi connectivity index (χ2n) is 3.46. The van der Waals surface area contributed by atoms with Gasteiger partial charge in [0.15, 0.2) is 4.34 Å². The van der Waals surface area contributed by atoms with Gasteiger partial charge in [-0.2, -0.15) is 0 Å². The summed E-state index contributed by atoms with van der Waals surface area (Å²) in [5.41, 5.74) is 0.941. The highest BCUT2D eigenvalue weighted by Gasteiger charge is 2.04. The van der Waals surface area contributed by atoms with Crippen LogP contribution in [0.4, 0.5) is 9.52 Å². The zero-order chi connectivity index (χ0) is 12.8. The third-order valence-electron chi connectivity index (χ3n) is 2.06. The SMILES string of the molecule is C=CCNc1nnc(SCc2cccc(F)c2)s1. The van der Waals surface area contributed by atoms with E-state index in [9.17, 15) is 4.39 Å². The number of thioether (sulfide) groups is 1. The van der Waals surface area contributed by atoms with Crippen LogP contribution >= 0.6 is 23.1 Å². The van der Waals surface area contributed by atoms with Crippen molar-refractivity contribution in [3.05, 3.63) is 48.3 Å². The van der Waals surface area contributed by atoms with E-state index in [1.807, 2.05) is 6.07 Å². The highest BCUT2D eigenvalue weighted by atomic mass is 32.2. The predicted octanol–water partition coefficient (Wildman–Crippen LogP) is 3.57. The number of halogens is 1. The molecule has 0 unspecified atom stereocenters. The Morgan fingerprint density at radius 3 is 3.11 bits per heavy atom. The van der Waals surface area contributed by atoms with Gasteiger partial charge < -0.3 is 5.32 Å². The van der Waals surface area contributed by atoms with E-state index in [0.717, 1.165) is 15.0 Å². The first kappa shape index (κ1) is 13.0. The Balaban J connectivity index is 1.90. The minimum absolute atomic E-state index is 0.210. The fourth-order valence-electron chi connectivity index (χ4n) is 1.27. The third-order valence-corrected chi connectivity index (χ3v) is 4.14. The summed E-state index contributed by atoms with van der Waals surface area (Å²) in [5.74, 6) is 0.479. The van der Waals surface area contributed by atoms with Gasteiger partial charge in [-0.3, -0.25) is 0 Å². The molecular formula is C12H12FN3S2. The molecule has 6 heteroatoms. The molecule has 0 bridgehead atoms. The summed E-state index contributed by atoms with van der Waals surface area (Å²) in [5, 5.41) is 11.9. The van der Waals surface area contributed by atoms with Crippen molar-refractivity contribution in [3.63, 3.8) is 0 Å². The fourth-order valence-corrected chi connectivity index (χ4v) is 2.97. The third kappa shape index (κ3) is 3.82. The predicted molar refractivity (Wildman–Crippen MR) is 74.6 cm³/mol. The summed E-state index contributed by atoms with van der Waals surface area (Å²) in [6.07, 6.45) is 1.76. The summed E-state index contributed by atoms with van der Waals surface area (Å²) >= 11 is 3.03. The van der Waals surface area contributed by atoms with Crippen LogP contribution < -0.4 is 5.32 Å². The lowest BCUT2D eigenvalue weighted by molar-refractivity contribution is 0.626. The molecule has 0 aliphatic rings. The van der Waals surface area contributed by atoms with Crippen LogP contribution in [0.3, 0.4) is 0 Å². The highest BCUT2D eigenvalue weighted by molar-refractivity contribution is 8.00. The Hall–Kier alpha value is -1.40. The molecule has 0 aliphatic heterocycles. The molecule has 94 valence electrons. The quantitative estimate of drug-likeness (QED) is 0.649. The van der Waals surface area contributed by atoms with Crippen LogP contribution in [-0.2, 0) is 5.75 Å². The van der Waals surface area contributed by atoms with Gasteiger partial charge in [-0.05, 0) is 17.7 Å². The van der Waals surface area contributed by atoms with Crippen molar-refractivity contribution in [2.24, 2.45) is 0 Å². The number of nitrogens with zero attached hydrogens (tertiary/aromatic N) is 2. The summed E-state index contributed by atoms with van der Waals surface area (Å²) in [6, 6.07) is 6.58. The highest BCUT2D eigenvalue weighted by Crippen LogP contribution is 2.28. The maximum absolute atomic E-state index is 13.0. The topological polar surface area (TPSA) is 37.8 Å². The molecule has 0 fully saturated rings. The Bertz CT molecular complexity index is 528. The number of anilines is 1. The van der Waals surface area contributed by atoms with Crippen molar-refractivity contribution in [2.45, 2.75) is 10.1 Å². The van der Waals surface area contributed by atoms with Gasteiger partial charge in [0.05, 0.1) is 0 Å². The molecule has 1 aromatic carbocycles. The van der Waals surface area contributed by atoms with E-state index in [0.29, 0.717) is 12.3 Å². The summed E-state index contributed by atoms with van der Waals surface area (Å²) in [4.78, 5) is 0. The van der Waals surface area contributed by atoms with Crippen molar-refractivity contribution in [3.8, 4) is 0 Å². The lowest BCUT2D eigenvalue weighted by Gasteiger charge is -1.98. The second-order valence-corrected chi connectivity index (χ2v) is 5.66. The molecule has 2 rings (SSSR count). The van der Waals surface area contributed by atoms with E-state index < -0.39 is 0 Å². The molecule has 0 saturated heterocycles. The number of benzene rings is 1. The number of hydrogen-bond donors (Lipinski definition) is 1. The number of hydrogen-bond acceptors (Lipinski definition) is 5. The standard InChI is InChI=1S/C12H12FN3S2/c1-2-6-14-11-15-16-12(18-11)17-8-9-4-3-5-10(13)7-9/h2-5,7H,1,6,8H2,(H,14,15). The van der Waals surface area contributed by atoms with Crippen LogP contribution in [0.25, 0.3) is 0 Å². The van der Waals surface area contributed by atoms with Gasteiger partial charge in [-0.25, -0.2) is 4.39 Å². The molecule has 2 aromatic rings. The summed E-state index contributed by atoms with van der Waals surface area (Å²) in [6.45, 7) is 4.29. The first-order valence-corrected chi connectivity index (χ1v) is 7.13. The van der Waals surface area contributed by atoms with Crippen LogP contribution in [0.2, 0.25) is 0 Å². The minimum atomic E-state index is -0.210. The normalized spacial score (nSPS) is 10.3. The second kappa shape index (κ2) is 6.51. The summed E-state index contributed by atoms with van der Waals surface area (Å²) in [7, 11) is 0. The van der Waals surface area contributed by atoms with Crippen LogP contribution in [-0.4, -0.2) is 16.7 Å². The molecule has 0 atom stereocenters. The average Bonchev–Trinajstić information content (AvgIpc) is 2.82.